The molecular weight excluding hydrogens is 333 g/mol. The van der Waals surface area contributed by atoms with Gasteiger partial charge in [-0.15, -0.1) is 15.3 Å². The van der Waals surface area contributed by atoms with Gasteiger partial charge >= 0.3 is 0 Å². The maximum atomic E-state index is 14.2. The summed E-state index contributed by atoms with van der Waals surface area (Å²) < 4.78 is 21.6. The van der Waals surface area contributed by atoms with E-state index in [-0.39, 0.29) is 5.82 Å². The predicted molar refractivity (Wildman–Crippen MR) is 95.3 cm³/mol. The Morgan fingerprint density at radius 1 is 1.08 bits per heavy atom. The second-order valence-corrected chi connectivity index (χ2v) is 7.04. The zero-order valence-corrected chi connectivity index (χ0v) is 14.3. The number of nitrogens with one attached hydrogen (secondary N) is 1. The normalized spacial score (nSPS) is 25.3. The van der Waals surface area contributed by atoms with Gasteiger partial charge in [0.25, 0.3) is 0 Å². The van der Waals surface area contributed by atoms with Crippen molar-refractivity contribution in [2.24, 2.45) is 5.92 Å². The third kappa shape index (κ3) is 2.63. The minimum absolute atomic E-state index is 0.333. The van der Waals surface area contributed by atoms with Crippen LogP contribution in [0.15, 0.2) is 36.4 Å². The molecule has 1 aromatic carbocycles. The molecule has 0 amide bonds. The zero-order chi connectivity index (χ0) is 17.5. The van der Waals surface area contributed by atoms with Crippen LogP contribution in [0.1, 0.15) is 25.7 Å². The Balaban J connectivity index is 1.48. The Labute approximate surface area is 150 Å². The van der Waals surface area contributed by atoms with Gasteiger partial charge in [0.05, 0.1) is 11.7 Å². The SMILES string of the molecule is Fc1ccccc1-c1nnc2ccc(NC3CCCC4OCCC34)nn12. The molecule has 7 heteroatoms. The quantitative estimate of drug-likeness (QED) is 0.783. The van der Waals surface area contributed by atoms with Crippen molar-refractivity contribution in [3.63, 3.8) is 0 Å². The van der Waals surface area contributed by atoms with E-state index >= 15 is 0 Å². The molecule has 1 aliphatic heterocycles. The maximum Gasteiger partial charge on any atom is 0.188 e. The highest BCUT2D eigenvalue weighted by atomic mass is 19.1. The minimum atomic E-state index is -0.333. The molecule has 1 aliphatic carbocycles. The molecule has 3 atom stereocenters. The summed E-state index contributed by atoms with van der Waals surface area (Å²) in [7, 11) is 0. The molecule has 3 unspecified atom stereocenters. The van der Waals surface area contributed by atoms with E-state index in [1.54, 1.807) is 22.7 Å². The highest BCUT2D eigenvalue weighted by Gasteiger charge is 2.37. The fourth-order valence-electron chi connectivity index (χ4n) is 4.22. The standard InChI is InChI=1S/C19H20FN5O/c20-14-5-2-1-4-12(14)19-23-22-18-9-8-17(24-25(18)19)21-15-6-3-7-16-13(15)10-11-26-16/h1-2,4-5,8-9,13,15-16H,3,6-7,10-11H2,(H,21,24). The molecule has 1 saturated heterocycles. The lowest BCUT2D eigenvalue weighted by atomic mass is 9.82. The van der Waals surface area contributed by atoms with E-state index in [0.717, 1.165) is 38.1 Å². The predicted octanol–water partition coefficient (Wildman–Crippen LogP) is 3.30. The van der Waals surface area contributed by atoms with Gasteiger partial charge in [-0.25, -0.2) is 4.39 Å². The molecule has 134 valence electrons. The first-order valence-corrected chi connectivity index (χ1v) is 9.15. The monoisotopic (exact) mass is 353 g/mol. The lowest BCUT2D eigenvalue weighted by Crippen LogP contribution is -2.38. The Kier molecular flexibility index (Phi) is 3.81. The Morgan fingerprint density at radius 2 is 2.00 bits per heavy atom. The lowest BCUT2D eigenvalue weighted by Gasteiger charge is -2.33. The number of hydrogen-bond acceptors (Lipinski definition) is 5. The van der Waals surface area contributed by atoms with Crippen LogP contribution < -0.4 is 5.32 Å². The molecule has 0 radical (unpaired) electrons. The van der Waals surface area contributed by atoms with Gasteiger partial charge in [-0.3, -0.25) is 0 Å². The van der Waals surface area contributed by atoms with Crippen LogP contribution in [-0.2, 0) is 4.74 Å². The van der Waals surface area contributed by atoms with E-state index in [0.29, 0.717) is 35.1 Å². The van der Waals surface area contributed by atoms with Crippen LogP contribution in [0.2, 0.25) is 0 Å². The molecule has 6 nitrogen and oxygen atoms in total. The van der Waals surface area contributed by atoms with Crippen molar-refractivity contribution in [2.45, 2.75) is 37.8 Å². The molecule has 3 heterocycles. The summed E-state index contributed by atoms with van der Waals surface area (Å²) in [6.45, 7) is 0.850. The first-order valence-electron chi connectivity index (χ1n) is 9.15. The van der Waals surface area contributed by atoms with Crippen LogP contribution in [0.5, 0.6) is 0 Å². The van der Waals surface area contributed by atoms with Crippen molar-refractivity contribution in [3.8, 4) is 11.4 Å². The number of halogens is 1. The number of aromatic nitrogens is 4. The summed E-state index contributed by atoms with van der Waals surface area (Å²) >= 11 is 0. The van der Waals surface area contributed by atoms with Crippen molar-refractivity contribution < 1.29 is 9.13 Å². The number of hydrogen-bond donors (Lipinski definition) is 1. The lowest BCUT2D eigenvalue weighted by molar-refractivity contribution is 0.0619. The average Bonchev–Trinajstić information content (AvgIpc) is 3.29. The van der Waals surface area contributed by atoms with E-state index in [1.165, 1.54) is 6.07 Å². The van der Waals surface area contributed by atoms with Crippen LogP contribution in [0.3, 0.4) is 0 Å². The highest BCUT2D eigenvalue weighted by Crippen LogP contribution is 2.35. The van der Waals surface area contributed by atoms with Gasteiger partial charge in [0.1, 0.15) is 11.6 Å². The van der Waals surface area contributed by atoms with Gasteiger partial charge in [0.2, 0.25) is 0 Å². The van der Waals surface area contributed by atoms with Crippen LogP contribution in [0.4, 0.5) is 10.2 Å². The van der Waals surface area contributed by atoms with E-state index in [2.05, 4.69) is 20.6 Å². The molecule has 2 aliphatic rings. The molecule has 3 aromatic rings. The second kappa shape index (κ2) is 6.32. The molecule has 26 heavy (non-hydrogen) atoms. The van der Waals surface area contributed by atoms with Crippen LogP contribution in [-0.4, -0.2) is 38.6 Å². The van der Waals surface area contributed by atoms with Crippen LogP contribution in [0.25, 0.3) is 17.0 Å². The third-order valence-electron chi connectivity index (χ3n) is 5.49. The molecule has 1 saturated carbocycles. The van der Waals surface area contributed by atoms with Crippen LogP contribution >= 0.6 is 0 Å². The molecule has 2 fully saturated rings. The average molecular weight is 353 g/mol. The highest BCUT2D eigenvalue weighted by molar-refractivity contribution is 5.60. The molecule has 1 N–H and O–H groups in total. The number of rotatable bonds is 3. The maximum absolute atomic E-state index is 14.2. The van der Waals surface area contributed by atoms with Crippen molar-refractivity contribution >= 4 is 11.5 Å². The van der Waals surface area contributed by atoms with E-state index in [9.17, 15) is 4.39 Å². The van der Waals surface area contributed by atoms with Gasteiger partial charge in [0.15, 0.2) is 11.5 Å². The molecule has 2 aromatic heterocycles. The first-order chi connectivity index (χ1) is 12.8. The smallest absolute Gasteiger partial charge is 0.188 e. The molecule has 0 spiro atoms. The van der Waals surface area contributed by atoms with Crippen molar-refractivity contribution in [2.75, 3.05) is 11.9 Å². The summed E-state index contributed by atoms with van der Waals surface area (Å²) in [5, 5.41) is 16.4. The Bertz CT molecular complexity index is 943. The topological polar surface area (TPSA) is 64.3 Å². The molecular formula is C19H20FN5O. The zero-order valence-electron chi connectivity index (χ0n) is 14.3. The molecule has 0 bridgehead atoms. The number of nitrogens with zero attached hydrogens (tertiary/aromatic N) is 4. The number of ether oxygens (including phenoxy) is 1. The summed E-state index contributed by atoms with van der Waals surface area (Å²) in [5.41, 5.74) is 0.992. The van der Waals surface area contributed by atoms with E-state index < -0.39 is 0 Å². The fraction of sp³-hybridized carbons (Fsp3) is 0.421. The van der Waals surface area contributed by atoms with Crippen LogP contribution in [0, 0.1) is 11.7 Å². The second-order valence-electron chi connectivity index (χ2n) is 7.04. The summed E-state index contributed by atoms with van der Waals surface area (Å²) in [6.07, 6.45) is 4.89. The van der Waals surface area contributed by atoms with Gasteiger partial charge in [0, 0.05) is 18.6 Å². The summed E-state index contributed by atoms with van der Waals surface area (Å²) in [5.74, 6) is 1.37. The number of anilines is 1. The third-order valence-corrected chi connectivity index (χ3v) is 5.49. The van der Waals surface area contributed by atoms with E-state index in [4.69, 9.17) is 4.74 Å². The number of fused-ring (bicyclic) bond motifs is 2. The van der Waals surface area contributed by atoms with Crippen molar-refractivity contribution in [1.82, 2.24) is 19.8 Å². The summed E-state index contributed by atoms with van der Waals surface area (Å²) in [4.78, 5) is 0. The Morgan fingerprint density at radius 3 is 2.92 bits per heavy atom. The largest absolute Gasteiger partial charge is 0.378 e. The van der Waals surface area contributed by atoms with Gasteiger partial charge in [-0.2, -0.15) is 4.52 Å². The molecule has 5 rings (SSSR count). The minimum Gasteiger partial charge on any atom is -0.378 e. The van der Waals surface area contributed by atoms with Crippen molar-refractivity contribution in [3.05, 3.63) is 42.2 Å². The van der Waals surface area contributed by atoms with Crippen molar-refractivity contribution in [1.29, 1.82) is 0 Å². The van der Waals surface area contributed by atoms with Gasteiger partial charge in [-0.05, 0) is 49.9 Å². The number of benzene rings is 1. The Hall–Kier alpha value is -2.54. The summed E-state index contributed by atoms with van der Waals surface area (Å²) in [6, 6.07) is 10.7. The van der Waals surface area contributed by atoms with Gasteiger partial charge in [-0.1, -0.05) is 12.1 Å². The first kappa shape index (κ1) is 15.7. The van der Waals surface area contributed by atoms with E-state index in [1.807, 2.05) is 12.1 Å². The van der Waals surface area contributed by atoms with Gasteiger partial charge < -0.3 is 10.1 Å². The fourth-order valence-corrected chi connectivity index (χ4v) is 4.22.